The van der Waals surface area contributed by atoms with Gasteiger partial charge in [0, 0.05) is 22.7 Å². The van der Waals surface area contributed by atoms with Gasteiger partial charge in [0.1, 0.15) is 66.4 Å². The zero-order valence-electron chi connectivity index (χ0n) is 32.4. The molecule has 13 nitrogen and oxygen atoms in total. The number of rotatable bonds is 13. The van der Waals surface area contributed by atoms with Crippen LogP contribution in [0, 0.1) is 0 Å². The number of aliphatic hydroxyl groups is 8. The molecule has 0 amide bonds. The lowest BCUT2D eigenvalue weighted by Gasteiger charge is -2.47. The molecule has 0 bridgehead atoms. The normalized spacial score (nSPS) is 27.8. The number of aliphatic hydroxyl groups excluding tert-OH is 8. The van der Waals surface area contributed by atoms with Gasteiger partial charge in [0.25, 0.3) is 0 Å². The quantitative estimate of drug-likeness (QED) is 0.0955. The molecule has 2 unspecified atom stereocenters. The predicted molar refractivity (Wildman–Crippen MR) is 222 cm³/mol. The maximum absolute atomic E-state index is 10.7. The highest BCUT2D eigenvalue weighted by molar-refractivity contribution is 6.31. The van der Waals surface area contributed by atoms with Gasteiger partial charge in [-0.3, -0.25) is 0 Å². The molecule has 2 heterocycles. The first-order valence-corrected chi connectivity index (χ1v) is 19.7. The largest absolute Gasteiger partial charge is 0.494 e. The van der Waals surface area contributed by atoms with Crippen molar-refractivity contribution in [2.45, 2.75) is 94.8 Å². The van der Waals surface area contributed by atoms with Crippen molar-refractivity contribution in [1.29, 1.82) is 0 Å². The fourth-order valence-corrected chi connectivity index (χ4v) is 7.43. The number of hydrogen-bond acceptors (Lipinski definition) is 13. The molecule has 6 rings (SSSR count). The topological polar surface area (TPSA) is 208 Å². The van der Waals surface area contributed by atoms with E-state index in [1.165, 1.54) is 7.11 Å². The van der Waals surface area contributed by atoms with Gasteiger partial charge in [-0.25, -0.2) is 0 Å². The number of methoxy groups -OCH3 is 1. The summed E-state index contributed by atoms with van der Waals surface area (Å²) in [6, 6.07) is 25.6. The van der Waals surface area contributed by atoms with E-state index in [0.29, 0.717) is 47.2 Å². The van der Waals surface area contributed by atoms with Crippen LogP contribution in [0.1, 0.15) is 60.8 Å². The molecule has 4 aromatic carbocycles. The summed E-state index contributed by atoms with van der Waals surface area (Å²) < 4.78 is 27.8. The van der Waals surface area contributed by atoms with Gasteiger partial charge in [-0.15, -0.1) is 0 Å². The molecule has 2 saturated heterocycles. The molecule has 0 radical (unpaired) electrons. The van der Waals surface area contributed by atoms with Crippen molar-refractivity contribution in [2.75, 3.05) is 33.5 Å². The maximum atomic E-state index is 10.7. The number of ether oxygens (including phenoxy) is 5. The van der Waals surface area contributed by atoms with Crippen LogP contribution < -0.4 is 9.47 Å². The smallest absolute Gasteiger partial charge is 0.224 e. The van der Waals surface area contributed by atoms with Crippen molar-refractivity contribution in [3.63, 3.8) is 0 Å². The van der Waals surface area contributed by atoms with Crippen LogP contribution >= 0.6 is 23.2 Å². The monoisotopic (exact) mass is 862 g/mol. The average molecular weight is 864 g/mol. The fraction of sp³-hybridized carbons (Fsp3) is 0.455. The molecule has 8 N–H and O–H groups in total. The number of halogens is 2. The van der Waals surface area contributed by atoms with E-state index in [4.69, 9.17) is 46.9 Å². The molecule has 324 valence electrons. The van der Waals surface area contributed by atoms with Crippen LogP contribution in [0.2, 0.25) is 10.0 Å². The second-order valence-corrected chi connectivity index (χ2v) is 14.9. The van der Waals surface area contributed by atoms with Crippen LogP contribution in [0.5, 0.6) is 11.5 Å². The second kappa shape index (κ2) is 21.9. The molecular formula is C44H56Cl2O13. The Bertz CT molecular complexity index is 1900. The first-order valence-electron chi connectivity index (χ1n) is 19.0. The van der Waals surface area contributed by atoms with Crippen LogP contribution in [-0.4, -0.2) is 123 Å². The molecule has 2 aliphatic rings. The Hall–Kier alpha value is -3.38. The Balaban J connectivity index is 0.000000257. The minimum Gasteiger partial charge on any atom is -0.494 e. The van der Waals surface area contributed by atoms with Crippen molar-refractivity contribution in [3.8, 4) is 11.5 Å². The van der Waals surface area contributed by atoms with Crippen molar-refractivity contribution in [3.05, 3.63) is 128 Å². The molecule has 4 aromatic rings. The van der Waals surface area contributed by atoms with Gasteiger partial charge in [0.05, 0.1) is 26.4 Å². The third kappa shape index (κ3) is 11.1. The molecule has 2 fully saturated rings. The Kier molecular flexibility index (Phi) is 17.9. The zero-order chi connectivity index (χ0) is 42.1. The molecule has 2 aliphatic heterocycles. The molecule has 15 heteroatoms. The van der Waals surface area contributed by atoms with E-state index < -0.39 is 73.9 Å². The summed E-state index contributed by atoms with van der Waals surface area (Å²) >= 11 is 12.8. The van der Waals surface area contributed by atoms with Crippen molar-refractivity contribution in [1.82, 2.24) is 0 Å². The maximum Gasteiger partial charge on any atom is 0.224 e. The van der Waals surface area contributed by atoms with E-state index in [-0.39, 0.29) is 7.43 Å². The lowest BCUT2D eigenvalue weighted by molar-refractivity contribution is -0.366. The summed E-state index contributed by atoms with van der Waals surface area (Å²) in [7, 11) is 1.32. The van der Waals surface area contributed by atoms with Gasteiger partial charge in [-0.2, -0.15) is 0 Å². The van der Waals surface area contributed by atoms with Gasteiger partial charge in [-0.05, 0) is 97.0 Å². The number of hydrogen-bond donors (Lipinski definition) is 8. The first kappa shape index (κ1) is 48.3. The highest BCUT2D eigenvalue weighted by Gasteiger charge is 2.55. The van der Waals surface area contributed by atoms with E-state index in [0.717, 1.165) is 33.8 Å². The Labute approximate surface area is 354 Å². The summed E-state index contributed by atoms with van der Waals surface area (Å²) in [6.07, 6.45) is -10.6. The molecule has 0 aromatic heterocycles. The minimum atomic E-state index is -1.77. The van der Waals surface area contributed by atoms with E-state index in [1.54, 1.807) is 30.3 Å². The lowest BCUT2D eigenvalue weighted by atomic mass is 9.87. The van der Waals surface area contributed by atoms with Crippen LogP contribution in [0.4, 0.5) is 0 Å². The van der Waals surface area contributed by atoms with Crippen molar-refractivity contribution in [2.24, 2.45) is 0 Å². The van der Waals surface area contributed by atoms with E-state index in [2.05, 4.69) is 0 Å². The highest BCUT2D eigenvalue weighted by Crippen LogP contribution is 2.41. The predicted octanol–water partition coefficient (Wildman–Crippen LogP) is 4.08. The second-order valence-electron chi connectivity index (χ2n) is 14.1. The first-order chi connectivity index (χ1) is 27.8. The Morgan fingerprint density at radius 2 is 1.10 bits per heavy atom. The molecule has 0 spiro atoms. The summed E-state index contributed by atoms with van der Waals surface area (Å²) in [6.45, 7) is 4.02. The van der Waals surface area contributed by atoms with Crippen molar-refractivity contribution >= 4 is 23.2 Å². The highest BCUT2D eigenvalue weighted by atomic mass is 35.5. The minimum absolute atomic E-state index is 0. The summed E-state index contributed by atoms with van der Waals surface area (Å²) in [5, 5.41) is 81.3. The van der Waals surface area contributed by atoms with Crippen LogP contribution in [0.15, 0.2) is 84.9 Å². The van der Waals surface area contributed by atoms with Crippen molar-refractivity contribution < 1.29 is 64.5 Å². The summed E-state index contributed by atoms with van der Waals surface area (Å²) in [5.74, 6) is -0.197. The van der Waals surface area contributed by atoms with Crippen LogP contribution in [-0.2, 0) is 32.8 Å². The standard InChI is InChI=1S/C22H27ClO7.C21H25ClO6.CH4/c1-3-29-16-7-4-13(5-8-16)10-14-11-15(6-9-17(14)23)22(28-2)21(27)20(26)19(25)18(12-24)30-22;1-2-27-15-6-3-12(4-7-15)9-14-10-13(5-8-16(14)22)21-20(26)19(25)18(24)17(11-23)28-21;/h4-9,11,18-21,24-27H,3,10,12H2,1-2H3;3-8,10,17-21,23-26H,2,9,11H2,1H3;1H4/t18-,19-,20+,21-,22?;17-,18-,19+,20-,21?;/m11./s1. The van der Waals surface area contributed by atoms with Gasteiger partial charge < -0.3 is 64.5 Å². The Morgan fingerprint density at radius 1 is 0.610 bits per heavy atom. The van der Waals surface area contributed by atoms with Crippen LogP contribution in [0.25, 0.3) is 0 Å². The molecule has 0 saturated carbocycles. The zero-order valence-corrected chi connectivity index (χ0v) is 33.9. The van der Waals surface area contributed by atoms with Gasteiger partial charge >= 0.3 is 0 Å². The number of benzene rings is 4. The third-order valence-corrected chi connectivity index (χ3v) is 11.0. The molecule has 59 heavy (non-hydrogen) atoms. The molecular weight excluding hydrogens is 807 g/mol. The molecule has 10 atom stereocenters. The fourth-order valence-electron chi connectivity index (χ4n) is 7.06. The van der Waals surface area contributed by atoms with Crippen LogP contribution in [0.3, 0.4) is 0 Å². The van der Waals surface area contributed by atoms with Gasteiger partial charge in [0.2, 0.25) is 5.79 Å². The third-order valence-electron chi connectivity index (χ3n) is 10.2. The Morgan fingerprint density at radius 3 is 1.59 bits per heavy atom. The van der Waals surface area contributed by atoms with E-state index in [1.807, 2.05) is 68.4 Å². The van der Waals surface area contributed by atoms with Gasteiger partial charge in [-0.1, -0.05) is 73.1 Å². The summed E-state index contributed by atoms with van der Waals surface area (Å²) in [4.78, 5) is 0. The lowest BCUT2D eigenvalue weighted by Crippen LogP contribution is -2.64. The van der Waals surface area contributed by atoms with E-state index >= 15 is 0 Å². The average Bonchev–Trinajstić information content (AvgIpc) is 3.23. The summed E-state index contributed by atoms with van der Waals surface area (Å²) in [5.41, 5.74) is 4.65. The SMILES string of the molecule is C.CCOc1ccc(Cc2cc(C3(OC)O[C@H](CO)[C@@H](O)[C@H](O)[C@H]3O)ccc2Cl)cc1.CCOc1ccc(Cc2cc(C3O[C@H](CO)[C@@H](O)[C@H](O)[C@H]3O)ccc2Cl)cc1. The van der Waals surface area contributed by atoms with Gasteiger partial charge in [0.15, 0.2) is 0 Å². The van der Waals surface area contributed by atoms with E-state index in [9.17, 15) is 40.9 Å². The molecule has 0 aliphatic carbocycles.